The minimum absolute atomic E-state index is 0.0321. The van der Waals surface area contributed by atoms with Crippen LogP contribution in [0.5, 0.6) is 0 Å². The van der Waals surface area contributed by atoms with E-state index in [4.69, 9.17) is 0 Å². The number of benzene rings is 1. The summed E-state index contributed by atoms with van der Waals surface area (Å²) < 4.78 is 0. The molecule has 114 valence electrons. The van der Waals surface area contributed by atoms with E-state index < -0.39 is 16.9 Å². The number of aromatic nitrogens is 1. The third-order valence-electron chi connectivity index (χ3n) is 3.65. The van der Waals surface area contributed by atoms with Crippen LogP contribution in [-0.4, -0.2) is 33.6 Å². The Morgan fingerprint density at radius 2 is 2.14 bits per heavy atom. The molecule has 0 aliphatic carbocycles. The molecule has 1 aliphatic rings. The van der Waals surface area contributed by atoms with Gasteiger partial charge in [0, 0.05) is 29.6 Å². The zero-order chi connectivity index (χ0) is 15.7. The Bertz CT molecular complexity index is 713. The van der Waals surface area contributed by atoms with Crippen LogP contribution in [0.3, 0.4) is 0 Å². The summed E-state index contributed by atoms with van der Waals surface area (Å²) >= 11 is 1.39. The third-order valence-corrected chi connectivity index (χ3v) is 4.53. The summed E-state index contributed by atoms with van der Waals surface area (Å²) in [6.07, 6.45) is 1.46. The van der Waals surface area contributed by atoms with Crippen molar-refractivity contribution in [3.8, 4) is 11.3 Å². The van der Waals surface area contributed by atoms with Gasteiger partial charge in [0.05, 0.1) is 10.6 Å². The molecule has 1 N–H and O–H groups in total. The molecule has 2 heterocycles. The lowest BCUT2D eigenvalue weighted by molar-refractivity contribution is -0.384. The lowest BCUT2D eigenvalue weighted by Gasteiger charge is -2.19. The number of non-ortho nitro benzene ring substituents is 1. The first kappa shape index (κ1) is 14.5. The second-order valence-electron chi connectivity index (χ2n) is 5.01. The van der Waals surface area contributed by atoms with Gasteiger partial charge in [-0.25, -0.2) is 9.78 Å². The van der Waals surface area contributed by atoms with Crippen molar-refractivity contribution >= 4 is 28.1 Å². The van der Waals surface area contributed by atoms with Crippen LogP contribution in [0.15, 0.2) is 29.6 Å². The third kappa shape index (κ3) is 2.64. The second-order valence-corrected chi connectivity index (χ2v) is 5.85. The molecule has 1 atom stereocenters. The molecule has 0 radical (unpaired) electrons. The van der Waals surface area contributed by atoms with Crippen molar-refractivity contribution in [1.29, 1.82) is 0 Å². The summed E-state index contributed by atoms with van der Waals surface area (Å²) in [5.41, 5.74) is 1.51. The topological polar surface area (TPSA) is 96.6 Å². The van der Waals surface area contributed by atoms with E-state index in [9.17, 15) is 20.0 Å². The SMILES string of the molecule is O=C(O)[C@H]1CCCN1c1nc(-c2ccc([N+](=O)[O-])cc2)cs1. The first-order chi connectivity index (χ1) is 10.6. The van der Waals surface area contributed by atoms with Crippen LogP contribution in [0.25, 0.3) is 11.3 Å². The molecule has 2 aromatic rings. The van der Waals surface area contributed by atoms with Crippen LogP contribution in [-0.2, 0) is 4.79 Å². The van der Waals surface area contributed by atoms with E-state index in [0.717, 1.165) is 12.0 Å². The number of rotatable bonds is 4. The Balaban J connectivity index is 1.84. The second kappa shape index (κ2) is 5.72. The van der Waals surface area contributed by atoms with Crippen LogP contribution in [0.4, 0.5) is 10.8 Å². The summed E-state index contributed by atoms with van der Waals surface area (Å²) in [6.45, 7) is 0.685. The molecule has 3 rings (SSSR count). The van der Waals surface area contributed by atoms with Crippen molar-refractivity contribution in [2.45, 2.75) is 18.9 Å². The predicted octanol–water partition coefficient (Wildman–Crippen LogP) is 2.77. The highest BCUT2D eigenvalue weighted by Gasteiger charge is 2.32. The van der Waals surface area contributed by atoms with Crippen molar-refractivity contribution in [2.75, 3.05) is 11.4 Å². The number of anilines is 1. The number of carboxylic acid groups (broad SMARTS) is 1. The van der Waals surface area contributed by atoms with E-state index in [1.807, 2.05) is 10.3 Å². The van der Waals surface area contributed by atoms with Gasteiger partial charge < -0.3 is 10.0 Å². The number of carboxylic acids is 1. The molecule has 0 amide bonds. The molecule has 0 unspecified atom stereocenters. The zero-order valence-corrected chi connectivity index (χ0v) is 12.3. The predicted molar refractivity (Wildman–Crippen MR) is 82.2 cm³/mol. The Morgan fingerprint density at radius 1 is 1.41 bits per heavy atom. The summed E-state index contributed by atoms with van der Waals surface area (Å²) in [6, 6.07) is 5.65. The molecule has 22 heavy (non-hydrogen) atoms. The fourth-order valence-corrected chi connectivity index (χ4v) is 3.45. The Hall–Kier alpha value is -2.48. The van der Waals surface area contributed by atoms with Gasteiger partial charge in [-0.15, -0.1) is 11.3 Å². The number of aliphatic carboxylic acids is 1. The molecule has 1 saturated heterocycles. The minimum atomic E-state index is -0.829. The summed E-state index contributed by atoms with van der Waals surface area (Å²) in [5, 5.41) is 22.4. The van der Waals surface area contributed by atoms with Gasteiger partial charge >= 0.3 is 5.97 Å². The van der Waals surface area contributed by atoms with Gasteiger partial charge in [0.2, 0.25) is 0 Å². The molecule has 1 aliphatic heterocycles. The summed E-state index contributed by atoms with van der Waals surface area (Å²) in [5.74, 6) is -0.829. The van der Waals surface area contributed by atoms with E-state index in [-0.39, 0.29) is 5.69 Å². The van der Waals surface area contributed by atoms with Gasteiger partial charge in [-0.1, -0.05) is 0 Å². The molecule has 1 fully saturated rings. The van der Waals surface area contributed by atoms with Gasteiger partial charge in [0.1, 0.15) is 6.04 Å². The van der Waals surface area contributed by atoms with Gasteiger partial charge in [-0.05, 0) is 25.0 Å². The maximum absolute atomic E-state index is 11.2. The van der Waals surface area contributed by atoms with Crippen LogP contribution in [0.2, 0.25) is 0 Å². The van der Waals surface area contributed by atoms with E-state index in [1.54, 1.807) is 12.1 Å². The van der Waals surface area contributed by atoms with E-state index >= 15 is 0 Å². The van der Waals surface area contributed by atoms with Gasteiger partial charge in [0.15, 0.2) is 5.13 Å². The smallest absolute Gasteiger partial charge is 0.326 e. The Kier molecular flexibility index (Phi) is 3.76. The number of hydrogen-bond donors (Lipinski definition) is 1. The van der Waals surface area contributed by atoms with E-state index in [2.05, 4.69) is 4.98 Å². The largest absolute Gasteiger partial charge is 0.480 e. The van der Waals surface area contributed by atoms with Crippen LogP contribution >= 0.6 is 11.3 Å². The zero-order valence-electron chi connectivity index (χ0n) is 11.5. The molecular formula is C14H13N3O4S. The number of thiazole rings is 1. The van der Waals surface area contributed by atoms with E-state index in [1.165, 1.54) is 23.5 Å². The number of nitro benzene ring substituents is 1. The lowest BCUT2D eigenvalue weighted by Crippen LogP contribution is -2.35. The van der Waals surface area contributed by atoms with Gasteiger partial charge in [-0.3, -0.25) is 10.1 Å². The summed E-state index contributed by atoms with van der Waals surface area (Å²) in [7, 11) is 0. The van der Waals surface area contributed by atoms with Crippen molar-refractivity contribution in [2.24, 2.45) is 0 Å². The molecule has 0 saturated carbocycles. The average Bonchev–Trinajstić information content (AvgIpc) is 3.16. The van der Waals surface area contributed by atoms with Crippen molar-refractivity contribution in [3.63, 3.8) is 0 Å². The van der Waals surface area contributed by atoms with E-state index in [0.29, 0.717) is 23.8 Å². The summed E-state index contributed by atoms with van der Waals surface area (Å²) in [4.78, 5) is 27.7. The normalized spacial score (nSPS) is 17.6. The first-order valence-electron chi connectivity index (χ1n) is 6.76. The monoisotopic (exact) mass is 319 g/mol. The molecule has 1 aromatic heterocycles. The highest BCUT2D eigenvalue weighted by atomic mass is 32.1. The maximum Gasteiger partial charge on any atom is 0.326 e. The van der Waals surface area contributed by atoms with Crippen LogP contribution in [0, 0.1) is 10.1 Å². The molecule has 0 spiro atoms. The molecule has 1 aromatic carbocycles. The highest BCUT2D eigenvalue weighted by Crippen LogP contribution is 2.32. The molecule has 7 nitrogen and oxygen atoms in total. The maximum atomic E-state index is 11.2. The number of nitro groups is 1. The number of hydrogen-bond acceptors (Lipinski definition) is 6. The van der Waals surface area contributed by atoms with Crippen LogP contribution in [0.1, 0.15) is 12.8 Å². The fourth-order valence-electron chi connectivity index (χ4n) is 2.54. The minimum Gasteiger partial charge on any atom is -0.480 e. The van der Waals surface area contributed by atoms with Gasteiger partial charge in [-0.2, -0.15) is 0 Å². The van der Waals surface area contributed by atoms with Crippen molar-refractivity contribution in [1.82, 2.24) is 4.98 Å². The quantitative estimate of drug-likeness (QED) is 0.687. The first-order valence-corrected chi connectivity index (χ1v) is 7.64. The highest BCUT2D eigenvalue weighted by molar-refractivity contribution is 7.14. The lowest BCUT2D eigenvalue weighted by atomic mass is 10.1. The molecule has 0 bridgehead atoms. The molecular weight excluding hydrogens is 306 g/mol. The van der Waals surface area contributed by atoms with Crippen molar-refractivity contribution in [3.05, 3.63) is 39.8 Å². The van der Waals surface area contributed by atoms with Crippen LogP contribution < -0.4 is 4.90 Å². The number of nitrogens with zero attached hydrogens (tertiary/aromatic N) is 3. The Morgan fingerprint density at radius 3 is 2.77 bits per heavy atom. The fraction of sp³-hybridized carbons (Fsp3) is 0.286. The van der Waals surface area contributed by atoms with Gasteiger partial charge in [0.25, 0.3) is 5.69 Å². The standard InChI is InChI=1S/C14H13N3O4S/c18-13(19)12-2-1-7-16(12)14-15-11(8-22-14)9-3-5-10(6-4-9)17(20)21/h3-6,8,12H,1-2,7H2,(H,18,19)/t12-/m1/s1. The molecule has 8 heteroatoms. The van der Waals surface area contributed by atoms with Crippen molar-refractivity contribution < 1.29 is 14.8 Å². The Labute approximate surface area is 130 Å². The average molecular weight is 319 g/mol. The number of carbonyl (C=O) groups is 1.